The first-order valence-corrected chi connectivity index (χ1v) is 11.9. The Kier molecular flexibility index (Phi) is 6.92. The molecule has 2 aromatic rings. The van der Waals surface area contributed by atoms with Gasteiger partial charge in [-0.2, -0.15) is 0 Å². The van der Waals surface area contributed by atoms with Crippen molar-refractivity contribution < 1.29 is 33.0 Å². The van der Waals surface area contributed by atoms with E-state index in [1.54, 1.807) is 37.3 Å². The maximum Gasteiger partial charge on any atom is 0.355 e. The molecule has 35 heavy (non-hydrogen) atoms. The van der Waals surface area contributed by atoms with E-state index in [9.17, 15) is 28.7 Å². The van der Waals surface area contributed by atoms with Gasteiger partial charge in [-0.25, -0.2) is 4.79 Å². The second-order valence-corrected chi connectivity index (χ2v) is 9.43. The van der Waals surface area contributed by atoms with E-state index in [0.717, 1.165) is 4.90 Å². The van der Waals surface area contributed by atoms with Crippen molar-refractivity contribution in [1.82, 2.24) is 10.2 Å². The van der Waals surface area contributed by atoms with E-state index in [1.165, 1.54) is 24.3 Å². The molecule has 0 saturated carbocycles. The number of para-hydroxylation sites is 1. The highest BCUT2D eigenvalue weighted by molar-refractivity contribution is 7.86. The van der Waals surface area contributed by atoms with Crippen molar-refractivity contribution >= 4 is 34.3 Å². The van der Waals surface area contributed by atoms with Crippen LogP contribution < -0.4 is 10.1 Å². The molecule has 2 aliphatic heterocycles. The molecule has 2 aliphatic rings. The fourth-order valence-corrected chi connectivity index (χ4v) is 5.43. The van der Waals surface area contributed by atoms with Gasteiger partial charge in [0.2, 0.25) is 0 Å². The van der Waals surface area contributed by atoms with Crippen LogP contribution >= 0.6 is 0 Å². The van der Waals surface area contributed by atoms with Gasteiger partial charge < -0.3 is 14.8 Å². The van der Waals surface area contributed by atoms with E-state index in [1.807, 2.05) is 0 Å². The minimum Gasteiger partial charge on any atom is -0.484 e. The SMILES string of the molecule is CC1=C(C(=O)OCc2ccc([N+](=O)[O-])cc2)N2C(=O)C(NC(=O)COc3ccccc3)C2S(=O)C1. The van der Waals surface area contributed by atoms with Crippen molar-refractivity contribution in [3.8, 4) is 5.75 Å². The lowest BCUT2D eigenvalue weighted by molar-refractivity contribution is -0.384. The van der Waals surface area contributed by atoms with Crippen LogP contribution in [0.3, 0.4) is 0 Å². The predicted octanol–water partition coefficient (Wildman–Crippen LogP) is 1.41. The third-order valence-electron chi connectivity index (χ3n) is 5.46. The number of non-ortho nitro benzene ring substituents is 1. The van der Waals surface area contributed by atoms with Gasteiger partial charge in [0.25, 0.3) is 17.5 Å². The normalized spacial score (nSPS) is 21.0. The molecule has 1 fully saturated rings. The number of nitro groups is 1. The van der Waals surface area contributed by atoms with Crippen molar-refractivity contribution in [2.45, 2.75) is 24.9 Å². The van der Waals surface area contributed by atoms with Crippen LogP contribution in [0.2, 0.25) is 0 Å². The van der Waals surface area contributed by atoms with E-state index < -0.39 is 44.9 Å². The van der Waals surface area contributed by atoms with Crippen LogP contribution in [0.1, 0.15) is 12.5 Å². The molecule has 1 N–H and O–H groups in total. The zero-order valence-corrected chi connectivity index (χ0v) is 19.4. The number of β-lactam (4-membered cyclic amide) rings is 1. The van der Waals surface area contributed by atoms with E-state index >= 15 is 0 Å². The summed E-state index contributed by atoms with van der Waals surface area (Å²) in [6.45, 7) is 1.09. The summed E-state index contributed by atoms with van der Waals surface area (Å²) in [4.78, 5) is 49.3. The van der Waals surface area contributed by atoms with Gasteiger partial charge in [0.05, 0.1) is 15.7 Å². The van der Waals surface area contributed by atoms with Crippen LogP contribution in [0, 0.1) is 10.1 Å². The number of amides is 2. The zero-order valence-electron chi connectivity index (χ0n) is 18.5. The quantitative estimate of drug-likeness (QED) is 0.248. The molecule has 0 bridgehead atoms. The van der Waals surface area contributed by atoms with Crippen LogP contribution in [0.25, 0.3) is 0 Å². The van der Waals surface area contributed by atoms with Crippen LogP contribution in [-0.2, 0) is 36.5 Å². The standard InChI is InChI=1S/C23H21N3O8S/c1-14-13-35(32)22-19(24-18(27)12-33-17-5-3-2-4-6-17)21(28)25(22)20(14)23(29)34-11-15-7-9-16(10-8-15)26(30)31/h2-10,19,22H,11-13H2,1H3,(H,24,27). The highest BCUT2D eigenvalue weighted by Crippen LogP contribution is 2.35. The number of nitro benzene ring substituents is 1. The van der Waals surface area contributed by atoms with Gasteiger partial charge >= 0.3 is 5.97 Å². The number of fused-ring (bicyclic) bond motifs is 1. The molecule has 11 nitrogen and oxygen atoms in total. The third kappa shape index (κ3) is 5.06. The van der Waals surface area contributed by atoms with Crippen molar-refractivity contribution in [3.63, 3.8) is 0 Å². The Balaban J connectivity index is 1.38. The Morgan fingerprint density at radius 1 is 1.17 bits per heavy atom. The predicted molar refractivity (Wildman–Crippen MR) is 123 cm³/mol. The average Bonchev–Trinajstić information content (AvgIpc) is 2.85. The molecular formula is C23H21N3O8S. The lowest BCUT2D eigenvalue weighted by Gasteiger charge is -2.49. The Hall–Kier alpha value is -4.06. The fourth-order valence-electron chi connectivity index (χ4n) is 3.76. The summed E-state index contributed by atoms with van der Waals surface area (Å²) in [7, 11) is -1.53. The monoisotopic (exact) mass is 499 g/mol. The van der Waals surface area contributed by atoms with Crippen molar-refractivity contribution in [1.29, 1.82) is 0 Å². The number of rotatable bonds is 8. The first kappa shape index (κ1) is 24.1. The molecular weight excluding hydrogens is 478 g/mol. The summed E-state index contributed by atoms with van der Waals surface area (Å²) in [6, 6.07) is 13.1. The molecule has 3 unspecified atom stereocenters. The molecule has 1 saturated heterocycles. The molecule has 3 atom stereocenters. The Morgan fingerprint density at radius 2 is 1.86 bits per heavy atom. The number of carbonyl (C=O) groups is 3. The molecule has 0 radical (unpaired) electrons. The Bertz CT molecular complexity index is 1230. The summed E-state index contributed by atoms with van der Waals surface area (Å²) >= 11 is 0. The second-order valence-electron chi connectivity index (χ2n) is 7.90. The van der Waals surface area contributed by atoms with Crippen LogP contribution in [0.4, 0.5) is 5.69 Å². The van der Waals surface area contributed by atoms with E-state index in [-0.39, 0.29) is 30.4 Å². The average molecular weight is 500 g/mol. The summed E-state index contributed by atoms with van der Waals surface area (Å²) in [5.74, 6) is -1.38. The number of hydrogen-bond donors (Lipinski definition) is 1. The number of ether oxygens (including phenoxy) is 2. The number of benzene rings is 2. The van der Waals surface area contributed by atoms with Gasteiger partial charge in [0.15, 0.2) is 6.61 Å². The molecule has 4 rings (SSSR count). The Labute approximate surface area is 202 Å². The van der Waals surface area contributed by atoms with E-state index in [4.69, 9.17) is 9.47 Å². The lowest BCUT2D eigenvalue weighted by Crippen LogP contribution is -2.73. The van der Waals surface area contributed by atoms with Gasteiger partial charge in [-0.1, -0.05) is 18.2 Å². The summed E-state index contributed by atoms with van der Waals surface area (Å²) < 4.78 is 23.4. The first-order chi connectivity index (χ1) is 16.8. The second kappa shape index (κ2) is 10.1. The third-order valence-corrected chi connectivity index (χ3v) is 7.20. The van der Waals surface area contributed by atoms with E-state index in [2.05, 4.69) is 5.32 Å². The molecule has 2 aromatic carbocycles. The number of esters is 1. The molecule has 0 aliphatic carbocycles. The zero-order chi connectivity index (χ0) is 25.1. The van der Waals surface area contributed by atoms with Gasteiger partial charge in [-0.15, -0.1) is 0 Å². The highest BCUT2D eigenvalue weighted by Gasteiger charge is 2.56. The summed E-state index contributed by atoms with van der Waals surface area (Å²) in [5.41, 5.74) is 0.854. The van der Waals surface area contributed by atoms with Crippen LogP contribution in [0.15, 0.2) is 65.9 Å². The molecule has 182 valence electrons. The largest absolute Gasteiger partial charge is 0.484 e. The maximum absolute atomic E-state index is 12.8. The van der Waals surface area contributed by atoms with Gasteiger partial charge in [0, 0.05) is 17.9 Å². The van der Waals surface area contributed by atoms with Crippen molar-refractivity contribution in [3.05, 3.63) is 81.5 Å². The maximum atomic E-state index is 12.8. The molecule has 0 aromatic heterocycles. The molecule has 2 amide bonds. The lowest BCUT2D eigenvalue weighted by atomic mass is 10.0. The van der Waals surface area contributed by atoms with Crippen LogP contribution in [0.5, 0.6) is 5.75 Å². The number of nitrogens with zero attached hydrogens (tertiary/aromatic N) is 2. The van der Waals surface area contributed by atoms with Gasteiger partial charge in [-0.3, -0.25) is 28.8 Å². The number of hydrogen-bond acceptors (Lipinski definition) is 8. The van der Waals surface area contributed by atoms with Gasteiger partial charge in [0.1, 0.15) is 29.5 Å². The van der Waals surface area contributed by atoms with Crippen molar-refractivity contribution in [2.24, 2.45) is 0 Å². The Morgan fingerprint density at radius 3 is 2.51 bits per heavy atom. The van der Waals surface area contributed by atoms with E-state index in [0.29, 0.717) is 16.9 Å². The molecule has 2 heterocycles. The van der Waals surface area contributed by atoms with Crippen LogP contribution in [-0.4, -0.2) is 55.6 Å². The molecule has 12 heteroatoms. The van der Waals surface area contributed by atoms with Gasteiger partial charge in [-0.05, 0) is 42.3 Å². The highest BCUT2D eigenvalue weighted by atomic mass is 32.2. The fraction of sp³-hybridized carbons (Fsp3) is 0.261. The number of nitrogens with one attached hydrogen (secondary N) is 1. The first-order valence-electron chi connectivity index (χ1n) is 10.5. The topological polar surface area (TPSA) is 145 Å². The minimum absolute atomic E-state index is 0.00690. The number of carbonyl (C=O) groups excluding carboxylic acids is 3. The summed E-state index contributed by atoms with van der Waals surface area (Å²) in [5, 5.41) is 12.4. The smallest absolute Gasteiger partial charge is 0.355 e. The van der Waals surface area contributed by atoms with Crippen molar-refractivity contribution in [2.75, 3.05) is 12.4 Å². The minimum atomic E-state index is -1.53. The molecule has 0 spiro atoms. The summed E-state index contributed by atoms with van der Waals surface area (Å²) in [6.07, 6.45) is 0.